The van der Waals surface area contributed by atoms with Crippen LogP contribution in [0.1, 0.15) is 40.7 Å². The molecule has 1 saturated carbocycles. The molecule has 3 aromatic heterocycles. The van der Waals surface area contributed by atoms with E-state index in [0.717, 1.165) is 12.0 Å². The lowest BCUT2D eigenvalue weighted by molar-refractivity contribution is -0.138. The van der Waals surface area contributed by atoms with Crippen LogP contribution in [-0.2, 0) is 6.18 Å². The molecule has 0 spiro atoms. The Labute approximate surface area is 198 Å². The molecule has 6 rings (SSSR count). The quantitative estimate of drug-likeness (QED) is 0.505. The van der Waals surface area contributed by atoms with Gasteiger partial charge in [0, 0.05) is 31.3 Å². The van der Waals surface area contributed by atoms with E-state index in [0.29, 0.717) is 48.7 Å². The van der Waals surface area contributed by atoms with Crippen LogP contribution in [0.2, 0.25) is 0 Å². The van der Waals surface area contributed by atoms with Crippen molar-refractivity contribution in [3.63, 3.8) is 0 Å². The van der Waals surface area contributed by atoms with Crippen LogP contribution >= 0.6 is 0 Å². The van der Waals surface area contributed by atoms with Crippen LogP contribution in [0.3, 0.4) is 0 Å². The van der Waals surface area contributed by atoms with Gasteiger partial charge in [0.1, 0.15) is 11.8 Å². The molecule has 1 aliphatic carbocycles. The Hall–Kier alpha value is -3.63. The summed E-state index contributed by atoms with van der Waals surface area (Å²) in [4.78, 5) is 31.8. The molecule has 35 heavy (non-hydrogen) atoms. The molecule has 5 heterocycles. The van der Waals surface area contributed by atoms with E-state index in [1.807, 2.05) is 6.92 Å². The van der Waals surface area contributed by atoms with E-state index in [4.69, 9.17) is 4.74 Å². The van der Waals surface area contributed by atoms with E-state index in [-0.39, 0.29) is 17.9 Å². The van der Waals surface area contributed by atoms with Crippen molar-refractivity contribution in [2.75, 3.05) is 6.54 Å². The highest BCUT2D eigenvalue weighted by Gasteiger charge is 2.45. The van der Waals surface area contributed by atoms with Gasteiger partial charge in [-0.15, -0.1) is 0 Å². The second kappa shape index (κ2) is 8.86. The fourth-order valence-corrected chi connectivity index (χ4v) is 4.79. The van der Waals surface area contributed by atoms with Gasteiger partial charge in [-0.2, -0.15) is 13.2 Å². The van der Waals surface area contributed by atoms with Gasteiger partial charge in [0.25, 0.3) is 11.8 Å². The molecule has 7 nitrogen and oxygen atoms in total. The summed E-state index contributed by atoms with van der Waals surface area (Å²) in [5.41, 5.74) is 0.308. The fraction of sp³-hybridized carbons (Fsp3) is 0.375. The summed E-state index contributed by atoms with van der Waals surface area (Å²) in [6.45, 7) is 2.32. The topological polar surface area (TPSA) is 81.1 Å². The van der Waals surface area contributed by atoms with Crippen LogP contribution in [-0.4, -0.2) is 49.4 Å². The predicted molar refractivity (Wildman–Crippen MR) is 116 cm³/mol. The number of aryl methyl sites for hydroxylation is 1. The number of hydrogen-bond acceptors (Lipinski definition) is 6. The van der Waals surface area contributed by atoms with Gasteiger partial charge < -0.3 is 9.64 Å². The Bertz CT molecular complexity index is 1250. The Morgan fingerprint density at radius 1 is 1.09 bits per heavy atom. The molecule has 3 aliphatic rings. The monoisotopic (exact) mass is 487 g/mol. The van der Waals surface area contributed by atoms with E-state index in [9.17, 15) is 22.4 Å². The first-order valence-electron chi connectivity index (χ1n) is 11.1. The third-order valence-corrected chi connectivity index (χ3v) is 6.41. The van der Waals surface area contributed by atoms with Gasteiger partial charge in [-0.05, 0) is 55.9 Å². The molecule has 2 aliphatic heterocycles. The van der Waals surface area contributed by atoms with Crippen molar-refractivity contribution < 1.29 is 27.1 Å². The first-order chi connectivity index (χ1) is 16.7. The molecule has 3 aromatic rings. The Morgan fingerprint density at radius 3 is 2.54 bits per heavy atom. The van der Waals surface area contributed by atoms with E-state index in [2.05, 4.69) is 19.9 Å². The fourth-order valence-electron chi connectivity index (χ4n) is 4.79. The third kappa shape index (κ3) is 4.54. The first-order valence-corrected chi connectivity index (χ1v) is 11.1. The maximum absolute atomic E-state index is 14.4. The summed E-state index contributed by atoms with van der Waals surface area (Å²) < 4.78 is 58.7. The maximum Gasteiger partial charge on any atom is 0.417 e. The van der Waals surface area contributed by atoms with Crippen molar-refractivity contribution in [3.8, 4) is 17.4 Å². The molecule has 3 fully saturated rings. The third-order valence-electron chi connectivity index (χ3n) is 6.41. The van der Waals surface area contributed by atoms with Crippen LogP contribution < -0.4 is 4.74 Å². The number of halogens is 4. The normalized spacial score (nSPS) is 21.7. The minimum absolute atomic E-state index is 0.112. The summed E-state index contributed by atoms with van der Waals surface area (Å²) in [5.74, 6) is -1.53. The number of nitrogens with zero attached hydrogens (tertiary/aromatic N) is 5. The Kier molecular flexibility index (Phi) is 5.86. The second-order valence-corrected chi connectivity index (χ2v) is 8.85. The molecule has 0 unspecified atom stereocenters. The molecule has 1 amide bonds. The number of rotatable bonds is 4. The zero-order valence-corrected chi connectivity index (χ0v) is 18.7. The molecule has 2 saturated heterocycles. The Balaban J connectivity index is 1.42. The minimum Gasteiger partial charge on any atom is -0.470 e. The lowest BCUT2D eigenvalue weighted by Crippen LogP contribution is -2.59. The van der Waals surface area contributed by atoms with Gasteiger partial charge in [-0.1, -0.05) is 0 Å². The van der Waals surface area contributed by atoms with Crippen molar-refractivity contribution in [3.05, 3.63) is 65.5 Å². The average molecular weight is 487 g/mol. The molecule has 182 valence electrons. The molecular formula is C24H21F4N5O2. The van der Waals surface area contributed by atoms with Crippen molar-refractivity contribution in [1.29, 1.82) is 0 Å². The number of piperidine rings is 2. The van der Waals surface area contributed by atoms with E-state index >= 15 is 0 Å². The molecule has 3 atom stereocenters. The zero-order valence-electron chi connectivity index (χ0n) is 18.7. The van der Waals surface area contributed by atoms with Crippen LogP contribution in [0.5, 0.6) is 5.88 Å². The first kappa shape index (κ1) is 23.1. The number of hydrogen-bond donors (Lipinski definition) is 0. The van der Waals surface area contributed by atoms with Crippen molar-refractivity contribution in [1.82, 2.24) is 24.8 Å². The summed E-state index contributed by atoms with van der Waals surface area (Å²) >= 11 is 0. The van der Waals surface area contributed by atoms with Gasteiger partial charge in [0.05, 0.1) is 17.2 Å². The average Bonchev–Trinajstić information content (AvgIpc) is 2.85. The van der Waals surface area contributed by atoms with Gasteiger partial charge >= 0.3 is 6.18 Å². The summed E-state index contributed by atoms with van der Waals surface area (Å²) in [6.07, 6.45) is 2.06. The number of carbonyl (C=O) groups is 1. The van der Waals surface area contributed by atoms with E-state index in [1.165, 1.54) is 0 Å². The van der Waals surface area contributed by atoms with Crippen molar-refractivity contribution >= 4 is 5.91 Å². The molecule has 0 radical (unpaired) electrons. The van der Waals surface area contributed by atoms with Crippen LogP contribution in [0.4, 0.5) is 17.6 Å². The van der Waals surface area contributed by atoms with Crippen LogP contribution in [0.15, 0.2) is 43.0 Å². The number of aromatic nitrogens is 4. The largest absolute Gasteiger partial charge is 0.470 e. The van der Waals surface area contributed by atoms with Crippen molar-refractivity contribution in [2.45, 2.75) is 44.5 Å². The predicted octanol–water partition coefficient (Wildman–Crippen LogP) is 4.47. The second-order valence-electron chi connectivity index (χ2n) is 8.85. The molecule has 0 N–H and O–H groups in total. The van der Waals surface area contributed by atoms with Gasteiger partial charge in [0.15, 0.2) is 11.6 Å². The zero-order chi connectivity index (χ0) is 24.7. The van der Waals surface area contributed by atoms with Gasteiger partial charge in [-0.25, -0.2) is 19.3 Å². The highest BCUT2D eigenvalue weighted by Crippen LogP contribution is 2.39. The lowest BCUT2D eigenvalue weighted by atomic mass is 9.77. The molecule has 0 aromatic carbocycles. The van der Waals surface area contributed by atoms with Gasteiger partial charge in [-0.3, -0.25) is 9.78 Å². The van der Waals surface area contributed by atoms with Crippen molar-refractivity contribution in [2.24, 2.45) is 5.92 Å². The maximum atomic E-state index is 14.4. The number of ether oxygens (including phenoxy) is 1. The van der Waals surface area contributed by atoms with Gasteiger partial charge in [0.2, 0.25) is 0 Å². The lowest BCUT2D eigenvalue weighted by Gasteiger charge is -2.49. The SMILES string of the molecule is Cc1cnc(-c2ncccn2)c(C(=O)N2C[C@@H]3CC[C@H]2[C@H](Oc2ncc(C(F)(F)F)cc2F)C3)c1. The highest BCUT2D eigenvalue weighted by molar-refractivity contribution is 5.99. The summed E-state index contributed by atoms with van der Waals surface area (Å²) in [6, 6.07) is 3.38. The Morgan fingerprint density at radius 2 is 1.86 bits per heavy atom. The van der Waals surface area contributed by atoms with E-state index < -0.39 is 29.5 Å². The molecule has 11 heteroatoms. The standard InChI is InChI=1S/C24H21F4N5O2/c1-13-7-16(20(31-10-13)21-29-5-2-6-30-21)23(34)33-12-14-3-4-18(33)19(8-14)35-22-17(25)9-15(11-32-22)24(26,27)28/h2,5-7,9-11,14,18-19H,3-4,8,12H2,1H3/t14-,18+,19-/m1/s1. The smallest absolute Gasteiger partial charge is 0.417 e. The minimum atomic E-state index is -4.71. The van der Waals surface area contributed by atoms with Crippen LogP contribution in [0.25, 0.3) is 11.5 Å². The number of amides is 1. The summed E-state index contributed by atoms with van der Waals surface area (Å²) in [7, 11) is 0. The number of fused-ring (bicyclic) bond motifs is 3. The number of alkyl halides is 3. The molecule has 2 bridgehead atoms. The molecular weight excluding hydrogens is 466 g/mol. The number of carbonyl (C=O) groups excluding carboxylic acids is 1. The van der Waals surface area contributed by atoms with E-state index in [1.54, 1.807) is 35.6 Å². The van der Waals surface area contributed by atoms with Crippen LogP contribution in [0, 0.1) is 18.7 Å². The number of pyridine rings is 2. The summed E-state index contributed by atoms with van der Waals surface area (Å²) in [5, 5.41) is 0. The highest BCUT2D eigenvalue weighted by atomic mass is 19.4.